The monoisotopic (exact) mass is 398 g/mol. The molecular formula is C25H38N2O2. The number of nitrogens with zero attached hydrogens (tertiary/aromatic N) is 2. The van der Waals surface area contributed by atoms with Crippen LogP contribution in [0.2, 0.25) is 0 Å². The van der Waals surface area contributed by atoms with Crippen LogP contribution in [0.15, 0.2) is 24.3 Å². The van der Waals surface area contributed by atoms with E-state index in [0.29, 0.717) is 17.8 Å². The molecule has 4 atom stereocenters. The predicted octanol–water partition coefficient (Wildman–Crippen LogP) is 6.19. The number of carbonyl (C=O) groups is 1. The Hall–Kier alpha value is -1.84. The van der Waals surface area contributed by atoms with Crippen LogP contribution in [0.3, 0.4) is 0 Å². The van der Waals surface area contributed by atoms with E-state index in [0.717, 1.165) is 36.1 Å². The molecule has 4 nitrogen and oxygen atoms in total. The SMILES string of the molecule is CCc1nc2ccccc2n1[C@@H](C(=O)O[C@@H]1C[C@H](C)CCC1C(C)C)C(C)(C)C. The number of aryl methyl sites for hydroxylation is 1. The highest BCUT2D eigenvalue weighted by atomic mass is 16.5. The normalized spacial score (nSPS) is 24.1. The Bertz CT molecular complexity index is 846. The number of benzene rings is 1. The van der Waals surface area contributed by atoms with Crippen LogP contribution in [-0.4, -0.2) is 21.6 Å². The molecule has 160 valence electrons. The first kappa shape index (κ1) is 21.9. The summed E-state index contributed by atoms with van der Waals surface area (Å²) in [5.41, 5.74) is 1.68. The van der Waals surface area contributed by atoms with Gasteiger partial charge in [-0.05, 0) is 48.1 Å². The maximum absolute atomic E-state index is 13.7. The number of carbonyl (C=O) groups excluding carboxylic acids is 1. The van der Waals surface area contributed by atoms with E-state index >= 15 is 0 Å². The molecule has 0 spiro atoms. The molecule has 1 heterocycles. The molecule has 0 saturated heterocycles. The second-order valence-corrected chi connectivity index (χ2v) is 10.3. The van der Waals surface area contributed by atoms with E-state index in [-0.39, 0.29) is 17.5 Å². The van der Waals surface area contributed by atoms with Gasteiger partial charge in [0.25, 0.3) is 0 Å². The summed E-state index contributed by atoms with van der Waals surface area (Å²) in [7, 11) is 0. The number of ether oxygens (including phenoxy) is 1. The maximum atomic E-state index is 13.7. The molecule has 0 aliphatic heterocycles. The van der Waals surface area contributed by atoms with Crippen molar-refractivity contribution in [2.45, 2.75) is 86.3 Å². The van der Waals surface area contributed by atoms with Crippen molar-refractivity contribution in [1.29, 1.82) is 0 Å². The lowest BCUT2D eigenvalue weighted by molar-refractivity contribution is -0.163. The fourth-order valence-corrected chi connectivity index (χ4v) is 4.94. The van der Waals surface area contributed by atoms with Crippen LogP contribution in [0.5, 0.6) is 0 Å². The van der Waals surface area contributed by atoms with E-state index in [1.807, 2.05) is 18.2 Å². The second-order valence-electron chi connectivity index (χ2n) is 10.3. The quantitative estimate of drug-likeness (QED) is 0.564. The van der Waals surface area contributed by atoms with Gasteiger partial charge in [-0.25, -0.2) is 9.78 Å². The third kappa shape index (κ3) is 4.51. The Balaban J connectivity index is 1.99. The minimum atomic E-state index is -0.394. The lowest BCUT2D eigenvalue weighted by Gasteiger charge is -2.39. The van der Waals surface area contributed by atoms with E-state index in [9.17, 15) is 4.79 Å². The molecule has 1 aliphatic rings. The third-order valence-corrected chi connectivity index (χ3v) is 6.52. The molecule has 1 aromatic heterocycles. The van der Waals surface area contributed by atoms with Gasteiger partial charge in [0.1, 0.15) is 18.0 Å². The van der Waals surface area contributed by atoms with Gasteiger partial charge in [-0.2, -0.15) is 0 Å². The van der Waals surface area contributed by atoms with Crippen LogP contribution in [0.1, 0.15) is 79.6 Å². The first-order valence-corrected chi connectivity index (χ1v) is 11.3. The van der Waals surface area contributed by atoms with Gasteiger partial charge in [-0.1, -0.05) is 67.0 Å². The van der Waals surface area contributed by atoms with Crippen molar-refractivity contribution >= 4 is 17.0 Å². The van der Waals surface area contributed by atoms with E-state index in [1.54, 1.807) is 0 Å². The molecule has 4 heteroatoms. The molecule has 0 radical (unpaired) electrons. The Morgan fingerprint density at radius 3 is 2.55 bits per heavy atom. The summed E-state index contributed by atoms with van der Waals surface area (Å²) in [4.78, 5) is 18.5. The van der Waals surface area contributed by atoms with Gasteiger partial charge < -0.3 is 9.30 Å². The first-order chi connectivity index (χ1) is 13.6. The Kier molecular flexibility index (Phi) is 6.40. The van der Waals surface area contributed by atoms with Crippen LogP contribution in [0.4, 0.5) is 0 Å². The fourth-order valence-electron chi connectivity index (χ4n) is 4.94. The number of hydrogen-bond acceptors (Lipinski definition) is 3. The van der Waals surface area contributed by atoms with Crippen LogP contribution >= 0.6 is 0 Å². The number of esters is 1. The second kappa shape index (κ2) is 8.49. The molecule has 1 fully saturated rings. The summed E-state index contributed by atoms with van der Waals surface area (Å²) in [6.45, 7) is 15.2. The smallest absolute Gasteiger partial charge is 0.330 e. The average molecular weight is 399 g/mol. The predicted molar refractivity (Wildman–Crippen MR) is 119 cm³/mol. The van der Waals surface area contributed by atoms with Gasteiger partial charge in [0, 0.05) is 6.42 Å². The van der Waals surface area contributed by atoms with Gasteiger partial charge in [0.15, 0.2) is 0 Å². The highest BCUT2D eigenvalue weighted by Crippen LogP contribution is 2.39. The maximum Gasteiger partial charge on any atom is 0.330 e. The average Bonchev–Trinajstić information content (AvgIpc) is 2.99. The van der Waals surface area contributed by atoms with Gasteiger partial charge in [-0.3, -0.25) is 0 Å². The molecule has 0 N–H and O–H groups in total. The minimum absolute atomic E-state index is 0.0102. The Morgan fingerprint density at radius 2 is 1.93 bits per heavy atom. The molecular weight excluding hydrogens is 360 g/mol. The molecule has 1 aromatic carbocycles. The van der Waals surface area contributed by atoms with E-state index < -0.39 is 6.04 Å². The zero-order valence-corrected chi connectivity index (χ0v) is 19.2. The number of para-hydroxylation sites is 2. The van der Waals surface area contributed by atoms with Crippen molar-refractivity contribution < 1.29 is 9.53 Å². The lowest BCUT2D eigenvalue weighted by Crippen LogP contribution is -2.40. The molecule has 0 bridgehead atoms. The van der Waals surface area contributed by atoms with Crippen molar-refractivity contribution in [3.8, 4) is 0 Å². The van der Waals surface area contributed by atoms with E-state index in [1.165, 1.54) is 6.42 Å². The number of imidazole rings is 1. The number of hydrogen-bond donors (Lipinski definition) is 0. The summed E-state index contributed by atoms with van der Waals surface area (Å²) in [5.74, 6) is 2.41. The minimum Gasteiger partial charge on any atom is -0.461 e. The van der Waals surface area contributed by atoms with Gasteiger partial charge in [0.05, 0.1) is 11.0 Å². The van der Waals surface area contributed by atoms with Gasteiger partial charge >= 0.3 is 5.97 Å². The van der Waals surface area contributed by atoms with Crippen LogP contribution in [0, 0.1) is 23.2 Å². The van der Waals surface area contributed by atoms with Crippen molar-refractivity contribution in [3.05, 3.63) is 30.1 Å². The van der Waals surface area contributed by atoms with E-state index in [4.69, 9.17) is 9.72 Å². The molecule has 2 aromatic rings. The fraction of sp³-hybridized carbons (Fsp3) is 0.680. The molecule has 1 aliphatic carbocycles. The number of fused-ring (bicyclic) bond motifs is 1. The highest BCUT2D eigenvalue weighted by molar-refractivity contribution is 5.82. The van der Waals surface area contributed by atoms with Crippen molar-refractivity contribution in [2.75, 3.05) is 0 Å². The van der Waals surface area contributed by atoms with Crippen molar-refractivity contribution in [3.63, 3.8) is 0 Å². The number of aromatic nitrogens is 2. The van der Waals surface area contributed by atoms with Crippen molar-refractivity contribution in [1.82, 2.24) is 9.55 Å². The largest absolute Gasteiger partial charge is 0.461 e. The molecule has 1 unspecified atom stereocenters. The van der Waals surface area contributed by atoms with Gasteiger partial charge in [0.2, 0.25) is 0 Å². The first-order valence-electron chi connectivity index (χ1n) is 11.3. The van der Waals surface area contributed by atoms with Crippen LogP contribution < -0.4 is 0 Å². The Morgan fingerprint density at radius 1 is 1.24 bits per heavy atom. The van der Waals surface area contributed by atoms with Crippen molar-refractivity contribution in [2.24, 2.45) is 23.2 Å². The topological polar surface area (TPSA) is 44.1 Å². The van der Waals surface area contributed by atoms with Gasteiger partial charge in [-0.15, -0.1) is 0 Å². The summed E-state index contributed by atoms with van der Waals surface area (Å²) in [6, 6.07) is 7.71. The zero-order chi connectivity index (χ0) is 21.3. The summed E-state index contributed by atoms with van der Waals surface area (Å²) in [6.07, 6.45) is 4.13. The molecule has 3 rings (SSSR count). The van der Waals surface area contributed by atoms with Crippen LogP contribution in [-0.2, 0) is 16.0 Å². The summed E-state index contributed by atoms with van der Waals surface area (Å²) >= 11 is 0. The highest BCUT2D eigenvalue weighted by Gasteiger charge is 2.40. The summed E-state index contributed by atoms with van der Waals surface area (Å²) in [5, 5.41) is 0. The lowest BCUT2D eigenvalue weighted by atomic mass is 9.75. The number of rotatable bonds is 5. The van der Waals surface area contributed by atoms with Crippen LogP contribution in [0.25, 0.3) is 11.0 Å². The molecule has 1 saturated carbocycles. The molecule has 29 heavy (non-hydrogen) atoms. The summed E-state index contributed by atoms with van der Waals surface area (Å²) < 4.78 is 8.44. The third-order valence-electron chi connectivity index (χ3n) is 6.52. The Labute approximate surface area is 176 Å². The van der Waals surface area contributed by atoms with E-state index in [2.05, 4.69) is 59.1 Å². The standard InChI is InChI=1S/C25H38N2O2/c1-8-22-26-19-11-9-10-12-20(19)27(22)23(25(5,6)7)24(28)29-21-15-17(4)13-14-18(21)16(2)3/h9-12,16-18,21,23H,8,13-15H2,1-7H3/t17-,18?,21-,23+/m1/s1. The molecule has 0 amide bonds. The zero-order valence-electron chi connectivity index (χ0n) is 19.2.